The van der Waals surface area contributed by atoms with Crippen LogP contribution in [0.4, 0.5) is 13.2 Å². The van der Waals surface area contributed by atoms with Crippen molar-refractivity contribution in [3.05, 3.63) is 35.4 Å². The molecular formula is C14H17F3N2O. The van der Waals surface area contributed by atoms with Crippen LogP contribution in [-0.4, -0.2) is 29.9 Å². The number of hydrogen-bond donors (Lipinski definition) is 1. The second kappa shape index (κ2) is 5.83. The average molecular weight is 286 g/mol. The number of carbonyl (C=O) groups excluding carboxylic acids is 1. The number of alkyl halides is 3. The lowest BCUT2D eigenvalue weighted by Gasteiger charge is -2.30. The van der Waals surface area contributed by atoms with Crippen LogP contribution in [0.15, 0.2) is 24.3 Å². The summed E-state index contributed by atoms with van der Waals surface area (Å²) in [4.78, 5) is 13.7. The van der Waals surface area contributed by atoms with E-state index in [0.717, 1.165) is 6.07 Å². The molecule has 2 N–H and O–H groups in total. The van der Waals surface area contributed by atoms with Crippen molar-refractivity contribution in [1.82, 2.24) is 4.90 Å². The number of likely N-dealkylation sites (tertiary alicyclic amines) is 1. The molecule has 0 aromatic heterocycles. The fraction of sp³-hybridized carbons (Fsp3) is 0.500. The summed E-state index contributed by atoms with van der Waals surface area (Å²) in [6, 6.07) is 5.30. The lowest BCUT2D eigenvalue weighted by atomic mass is 10.0. The number of hydrogen-bond acceptors (Lipinski definition) is 2. The second-order valence-corrected chi connectivity index (χ2v) is 5.05. The third-order valence-electron chi connectivity index (χ3n) is 3.56. The lowest BCUT2D eigenvalue weighted by Crippen LogP contribution is -2.43. The molecule has 1 amide bonds. The summed E-state index contributed by atoms with van der Waals surface area (Å²) in [6.07, 6.45) is -3.24. The predicted octanol–water partition coefficient (Wildman–Crippen LogP) is 2.20. The molecule has 0 bridgehead atoms. The van der Waals surface area contributed by atoms with Crippen LogP contribution in [0, 0.1) is 0 Å². The maximum absolute atomic E-state index is 12.9. The van der Waals surface area contributed by atoms with Gasteiger partial charge in [0.15, 0.2) is 0 Å². The minimum atomic E-state index is -4.43. The highest BCUT2D eigenvalue weighted by molar-refractivity contribution is 5.79. The Morgan fingerprint density at radius 1 is 1.25 bits per heavy atom. The summed E-state index contributed by atoms with van der Waals surface area (Å²) in [5.74, 6) is -0.270. The van der Waals surface area contributed by atoms with Crippen LogP contribution < -0.4 is 5.73 Å². The smallest absolute Gasteiger partial charge is 0.342 e. The van der Waals surface area contributed by atoms with Crippen molar-refractivity contribution in [3.8, 4) is 0 Å². The summed E-state index contributed by atoms with van der Waals surface area (Å²) < 4.78 is 38.6. The number of halogens is 3. The van der Waals surface area contributed by atoms with Crippen LogP contribution >= 0.6 is 0 Å². The van der Waals surface area contributed by atoms with Gasteiger partial charge in [0.05, 0.1) is 12.0 Å². The Morgan fingerprint density at radius 3 is 2.45 bits per heavy atom. The molecule has 2 rings (SSSR count). The molecule has 20 heavy (non-hydrogen) atoms. The molecule has 1 aromatic rings. The fourth-order valence-electron chi connectivity index (χ4n) is 2.37. The van der Waals surface area contributed by atoms with E-state index in [9.17, 15) is 18.0 Å². The lowest BCUT2D eigenvalue weighted by molar-refractivity contribution is -0.138. The molecule has 1 aliphatic rings. The van der Waals surface area contributed by atoms with Gasteiger partial charge in [0, 0.05) is 19.1 Å². The predicted molar refractivity (Wildman–Crippen MR) is 68.9 cm³/mol. The Balaban J connectivity index is 2.08. The van der Waals surface area contributed by atoms with Crippen molar-refractivity contribution >= 4 is 5.91 Å². The maximum Gasteiger partial charge on any atom is 0.416 e. The van der Waals surface area contributed by atoms with Gasteiger partial charge >= 0.3 is 6.18 Å². The van der Waals surface area contributed by atoms with Gasteiger partial charge in [-0.2, -0.15) is 13.2 Å². The summed E-state index contributed by atoms with van der Waals surface area (Å²) in [6.45, 7) is 1.04. The van der Waals surface area contributed by atoms with E-state index in [1.54, 1.807) is 4.90 Å². The van der Waals surface area contributed by atoms with Gasteiger partial charge in [-0.3, -0.25) is 4.79 Å². The van der Waals surface area contributed by atoms with Crippen molar-refractivity contribution in [2.75, 3.05) is 13.1 Å². The first kappa shape index (κ1) is 14.8. The molecule has 110 valence electrons. The molecule has 0 spiro atoms. The molecule has 1 heterocycles. The van der Waals surface area contributed by atoms with E-state index >= 15 is 0 Å². The topological polar surface area (TPSA) is 46.3 Å². The van der Waals surface area contributed by atoms with Gasteiger partial charge < -0.3 is 10.6 Å². The first-order valence-electron chi connectivity index (χ1n) is 6.56. The molecular weight excluding hydrogens is 269 g/mol. The minimum absolute atomic E-state index is 0.0277. The van der Waals surface area contributed by atoms with Gasteiger partial charge in [-0.25, -0.2) is 0 Å². The monoisotopic (exact) mass is 286 g/mol. The van der Waals surface area contributed by atoms with E-state index in [-0.39, 0.29) is 23.9 Å². The van der Waals surface area contributed by atoms with Crippen LogP contribution in [0.3, 0.4) is 0 Å². The maximum atomic E-state index is 12.9. The third kappa shape index (κ3) is 3.50. The highest BCUT2D eigenvalue weighted by Crippen LogP contribution is 2.32. The number of rotatable bonds is 2. The molecule has 1 fully saturated rings. The Bertz CT molecular complexity index is 480. The molecule has 0 saturated carbocycles. The number of benzene rings is 1. The van der Waals surface area contributed by atoms with E-state index in [1.165, 1.54) is 18.2 Å². The summed E-state index contributed by atoms with van der Waals surface area (Å²) in [7, 11) is 0. The van der Waals surface area contributed by atoms with Gasteiger partial charge in [0.1, 0.15) is 0 Å². The van der Waals surface area contributed by atoms with Crippen molar-refractivity contribution in [2.45, 2.75) is 31.5 Å². The van der Waals surface area contributed by atoms with Crippen LogP contribution in [0.2, 0.25) is 0 Å². The molecule has 0 unspecified atom stereocenters. The number of amides is 1. The van der Waals surface area contributed by atoms with Gasteiger partial charge in [-0.05, 0) is 24.5 Å². The number of nitrogens with zero attached hydrogens (tertiary/aromatic N) is 1. The zero-order valence-corrected chi connectivity index (χ0v) is 11.0. The first-order valence-corrected chi connectivity index (χ1v) is 6.56. The standard InChI is InChI=1S/C14H17F3N2O/c15-14(16,17)12-4-2-1-3-10(12)9-13(20)19-7-5-11(18)6-8-19/h1-4,11H,5-9,18H2. The van der Waals surface area contributed by atoms with Crippen LogP contribution in [0.25, 0.3) is 0 Å². The van der Waals surface area contributed by atoms with Gasteiger partial charge in [-0.1, -0.05) is 18.2 Å². The molecule has 6 heteroatoms. The van der Waals surface area contributed by atoms with E-state index in [2.05, 4.69) is 0 Å². The first-order chi connectivity index (χ1) is 9.38. The molecule has 3 nitrogen and oxygen atoms in total. The molecule has 1 aliphatic heterocycles. The largest absolute Gasteiger partial charge is 0.416 e. The summed E-state index contributed by atoms with van der Waals surface area (Å²) >= 11 is 0. The Labute approximate surface area is 115 Å². The average Bonchev–Trinajstić information content (AvgIpc) is 2.38. The zero-order valence-electron chi connectivity index (χ0n) is 11.0. The third-order valence-corrected chi connectivity index (χ3v) is 3.56. The van der Waals surface area contributed by atoms with Crippen molar-refractivity contribution in [2.24, 2.45) is 5.73 Å². The van der Waals surface area contributed by atoms with E-state index in [0.29, 0.717) is 25.9 Å². The highest BCUT2D eigenvalue weighted by atomic mass is 19.4. The Morgan fingerprint density at radius 2 is 1.85 bits per heavy atom. The summed E-state index contributed by atoms with van der Waals surface area (Å²) in [5.41, 5.74) is 5.04. The minimum Gasteiger partial charge on any atom is -0.342 e. The SMILES string of the molecule is NC1CCN(C(=O)Cc2ccccc2C(F)(F)F)CC1. The summed E-state index contributed by atoms with van der Waals surface area (Å²) in [5, 5.41) is 0. The van der Waals surface area contributed by atoms with E-state index in [4.69, 9.17) is 5.73 Å². The highest BCUT2D eigenvalue weighted by Gasteiger charge is 2.33. The van der Waals surface area contributed by atoms with Crippen LogP contribution in [0.1, 0.15) is 24.0 Å². The molecule has 1 aromatic carbocycles. The van der Waals surface area contributed by atoms with Crippen molar-refractivity contribution < 1.29 is 18.0 Å². The van der Waals surface area contributed by atoms with E-state index < -0.39 is 11.7 Å². The van der Waals surface area contributed by atoms with Crippen LogP contribution in [-0.2, 0) is 17.4 Å². The number of nitrogens with two attached hydrogens (primary N) is 1. The molecule has 0 aliphatic carbocycles. The van der Waals surface area contributed by atoms with Gasteiger partial charge in [0.25, 0.3) is 0 Å². The zero-order chi connectivity index (χ0) is 14.8. The van der Waals surface area contributed by atoms with Gasteiger partial charge in [-0.15, -0.1) is 0 Å². The van der Waals surface area contributed by atoms with Crippen LogP contribution in [0.5, 0.6) is 0 Å². The fourth-order valence-corrected chi connectivity index (χ4v) is 2.37. The molecule has 1 saturated heterocycles. The Hall–Kier alpha value is -1.56. The quantitative estimate of drug-likeness (QED) is 0.906. The van der Waals surface area contributed by atoms with Crippen molar-refractivity contribution in [1.29, 1.82) is 0 Å². The number of piperidine rings is 1. The second-order valence-electron chi connectivity index (χ2n) is 5.05. The number of carbonyl (C=O) groups is 1. The van der Waals surface area contributed by atoms with Gasteiger partial charge in [0.2, 0.25) is 5.91 Å². The molecule has 0 radical (unpaired) electrons. The Kier molecular flexibility index (Phi) is 4.32. The van der Waals surface area contributed by atoms with E-state index in [1.807, 2.05) is 0 Å². The normalized spacial score (nSPS) is 17.3. The van der Waals surface area contributed by atoms with Crippen molar-refractivity contribution in [3.63, 3.8) is 0 Å². The molecule has 0 atom stereocenters.